The highest BCUT2D eigenvalue weighted by molar-refractivity contribution is 8.03. The van der Waals surface area contributed by atoms with Gasteiger partial charge >= 0.3 is 0 Å². The summed E-state index contributed by atoms with van der Waals surface area (Å²) in [6, 6.07) is 36.5. The highest BCUT2D eigenvalue weighted by Crippen LogP contribution is 2.58. The van der Waals surface area contributed by atoms with Gasteiger partial charge in [-0.05, 0) is 85.0 Å². The fourth-order valence-electron chi connectivity index (χ4n) is 7.95. The van der Waals surface area contributed by atoms with E-state index in [9.17, 15) is 0 Å². The Morgan fingerprint density at radius 1 is 0.591 bits per heavy atom. The van der Waals surface area contributed by atoms with E-state index in [1.807, 2.05) is 23.1 Å². The van der Waals surface area contributed by atoms with E-state index in [0.717, 1.165) is 19.3 Å². The van der Waals surface area contributed by atoms with Gasteiger partial charge in [-0.25, -0.2) is 0 Å². The average molecular weight is 597 g/mol. The molecule has 0 nitrogen and oxygen atoms in total. The molecule has 0 bridgehead atoms. The normalized spacial score (nSPS) is 17.7. The Morgan fingerprint density at radius 2 is 1.27 bits per heavy atom. The molecule has 0 N–H and O–H groups in total. The summed E-state index contributed by atoms with van der Waals surface area (Å²) in [7, 11) is 0. The van der Waals surface area contributed by atoms with Crippen molar-refractivity contribution in [1.82, 2.24) is 0 Å². The van der Waals surface area contributed by atoms with Crippen LogP contribution in [0.5, 0.6) is 0 Å². The highest BCUT2D eigenvalue weighted by Gasteiger charge is 2.34. The molecule has 0 radical (unpaired) electrons. The first kappa shape index (κ1) is 25.0. The maximum absolute atomic E-state index is 2.43. The summed E-state index contributed by atoms with van der Waals surface area (Å²) in [5, 5.41) is 11.0. The van der Waals surface area contributed by atoms with E-state index in [1.54, 1.807) is 0 Å². The van der Waals surface area contributed by atoms with Crippen LogP contribution in [-0.4, -0.2) is 0 Å². The molecule has 2 aliphatic carbocycles. The average Bonchev–Trinajstić information content (AvgIpc) is 3.65. The minimum absolute atomic E-state index is 0.396. The van der Waals surface area contributed by atoms with Gasteiger partial charge in [0.15, 0.2) is 0 Å². The molecule has 1 aliphatic heterocycles. The SMILES string of the molecule is C1=CCCC(c2c3ccccc3c(C3=CC=C4Sc5c(ccc6ccc7c8ccccc8sc7c56)C4C3)c3ccccc23)=C1. The Morgan fingerprint density at radius 3 is 2.00 bits per heavy atom. The van der Waals surface area contributed by atoms with Crippen LogP contribution in [0.25, 0.3) is 63.6 Å². The van der Waals surface area contributed by atoms with E-state index in [2.05, 4.69) is 127 Å². The summed E-state index contributed by atoms with van der Waals surface area (Å²) in [5.41, 5.74) is 7.22. The molecule has 0 spiro atoms. The Labute approximate surface area is 264 Å². The summed E-state index contributed by atoms with van der Waals surface area (Å²) in [6.45, 7) is 0. The van der Waals surface area contributed by atoms with Crippen LogP contribution in [-0.2, 0) is 0 Å². The predicted molar refractivity (Wildman–Crippen MR) is 194 cm³/mol. The maximum atomic E-state index is 2.43. The number of allylic oxidation sites excluding steroid dienone is 8. The molecule has 6 aromatic carbocycles. The van der Waals surface area contributed by atoms with Crippen molar-refractivity contribution in [2.45, 2.75) is 30.1 Å². The molecule has 1 aromatic heterocycles. The number of fused-ring (bicyclic) bond motifs is 11. The van der Waals surface area contributed by atoms with Crippen LogP contribution in [0.4, 0.5) is 0 Å². The second-order valence-corrected chi connectivity index (χ2v) is 14.4. The smallest absolute Gasteiger partial charge is 0.0445 e. The molecule has 2 heterocycles. The molecule has 208 valence electrons. The van der Waals surface area contributed by atoms with Crippen molar-refractivity contribution in [3.05, 3.63) is 149 Å². The molecule has 0 fully saturated rings. The Bertz CT molecular complexity index is 2440. The lowest BCUT2D eigenvalue weighted by Gasteiger charge is -2.24. The molecule has 0 saturated carbocycles. The summed E-state index contributed by atoms with van der Waals surface area (Å²) in [4.78, 5) is 2.95. The zero-order valence-electron chi connectivity index (χ0n) is 24.1. The Kier molecular flexibility index (Phi) is 5.44. The van der Waals surface area contributed by atoms with Crippen LogP contribution in [0.1, 0.15) is 41.9 Å². The Balaban J connectivity index is 1.16. The fourth-order valence-corrected chi connectivity index (χ4v) is 10.7. The standard InChI is InChI=1S/C42H28S2/c1-2-10-25(11-3-1)38-29-13-4-6-15-31(29)39(32-16-7-5-14-30(32)38)27-20-23-37-35(24-27)34-22-19-26-18-21-33-28-12-8-9-17-36(28)43-41(33)40(26)42(34)44-37/h1-2,4-10,12-23,35H,3,11,24H2. The van der Waals surface area contributed by atoms with E-state index in [0.29, 0.717) is 5.92 Å². The van der Waals surface area contributed by atoms with Gasteiger partial charge in [0.1, 0.15) is 0 Å². The van der Waals surface area contributed by atoms with Gasteiger partial charge in [0.25, 0.3) is 0 Å². The molecule has 0 saturated heterocycles. The number of rotatable bonds is 2. The predicted octanol–water partition coefficient (Wildman–Crippen LogP) is 12.8. The first-order chi connectivity index (χ1) is 21.8. The van der Waals surface area contributed by atoms with E-state index >= 15 is 0 Å². The number of thioether (sulfide) groups is 1. The van der Waals surface area contributed by atoms with Gasteiger partial charge in [-0.2, -0.15) is 0 Å². The van der Waals surface area contributed by atoms with Gasteiger partial charge < -0.3 is 0 Å². The highest BCUT2D eigenvalue weighted by atomic mass is 32.2. The third-order valence-electron chi connectivity index (χ3n) is 9.91. The summed E-state index contributed by atoms with van der Waals surface area (Å²) < 4.78 is 2.80. The molecule has 2 heteroatoms. The van der Waals surface area contributed by atoms with Crippen LogP contribution in [0, 0.1) is 0 Å². The van der Waals surface area contributed by atoms with Crippen LogP contribution >= 0.6 is 23.1 Å². The topological polar surface area (TPSA) is 0 Å². The summed E-state index contributed by atoms with van der Waals surface area (Å²) in [5.74, 6) is 0.396. The number of hydrogen-bond donors (Lipinski definition) is 0. The quantitative estimate of drug-likeness (QED) is 0.179. The van der Waals surface area contributed by atoms with Crippen LogP contribution in [0.15, 0.2) is 137 Å². The van der Waals surface area contributed by atoms with E-state index in [4.69, 9.17) is 0 Å². The maximum Gasteiger partial charge on any atom is 0.0445 e. The largest absolute Gasteiger partial charge is 0.134 e. The van der Waals surface area contributed by atoms with Crippen molar-refractivity contribution in [2.24, 2.45) is 0 Å². The van der Waals surface area contributed by atoms with Gasteiger partial charge in [-0.15, -0.1) is 11.3 Å². The number of thiophene rings is 1. The Hall–Kier alpha value is -4.37. The molecule has 0 amide bonds. The van der Waals surface area contributed by atoms with Gasteiger partial charge in [0, 0.05) is 36.4 Å². The van der Waals surface area contributed by atoms with Crippen molar-refractivity contribution < 1.29 is 0 Å². The second kappa shape index (κ2) is 9.56. The van der Waals surface area contributed by atoms with E-state index < -0.39 is 0 Å². The van der Waals surface area contributed by atoms with Crippen LogP contribution < -0.4 is 0 Å². The van der Waals surface area contributed by atoms with Gasteiger partial charge in [-0.3, -0.25) is 0 Å². The van der Waals surface area contributed by atoms with Crippen molar-refractivity contribution in [3.63, 3.8) is 0 Å². The summed E-state index contributed by atoms with van der Waals surface area (Å²) in [6.07, 6.45) is 14.9. The zero-order valence-corrected chi connectivity index (χ0v) is 25.8. The first-order valence-corrected chi connectivity index (χ1v) is 17.2. The zero-order chi connectivity index (χ0) is 28.8. The molecule has 1 unspecified atom stereocenters. The minimum Gasteiger partial charge on any atom is -0.134 e. The third-order valence-corrected chi connectivity index (χ3v) is 12.4. The molecule has 7 aromatic rings. The first-order valence-electron chi connectivity index (χ1n) is 15.6. The molecule has 44 heavy (non-hydrogen) atoms. The van der Waals surface area contributed by atoms with Crippen molar-refractivity contribution >= 4 is 86.7 Å². The minimum atomic E-state index is 0.396. The number of hydrogen-bond acceptors (Lipinski definition) is 2. The van der Waals surface area contributed by atoms with Crippen LogP contribution in [0.3, 0.4) is 0 Å². The summed E-state index contributed by atoms with van der Waals surface area (Å²) >= 11 is 3.96. The molecule has 1 atom stereocenters. The van der Waals surface area contributed by atoms with E-state index in [1.165, 1.54) is 90.1 Å². The molecular weight excluding hydrogens is 569 g/mol. The second-order valence-electron chi connectivity index (χ2n) is 12.2. The van der Waals surface area contributed by atoms with Gasteiger partial charge in [0.2, 0.25) is 0 Å². The van der Waals surface area contributed by atoms with Gasteiger partial charge in [0.05, 0.1) is 0 Å². The number of benzene rings is 6. The van der Waals surface area contributed by atoms with E-state index in [-0.39, 0.29) is 0 Å². The molecule has 10 rings (SSSR count). The fraction of sp³-hybridized carbons (Fsp3) is 0.0952. The van der Waals surface area contributed by atoms with Crippen molar-refractivity contribution in [1.29, 1.82) is 0 Å². The van der Waals surface area contributed by atoms with Crippen molar-refractivity contribution in [2.75, 3.05) is 0 Å². The lowest BCUT2D eigenvalue weighted by atomic mass is 9.79. The van der Waals surface area contributed by atoms with Crippen molar-refractivity contribution in [3.8, 4) is 0 Å². The monoisotopic (exact) mass is 596 g/mol. The van der Waals surface area contributed by atoms with Gasteiger partial charge in [-0.1, -0.05) is 133 Å². The molecule has 3 aliphatic rings. The lowest BCUT2D eigenvalue weighted by Crippen LogP contribution is -2.04. The molecular formula is C42H28S2. The third kappa shape index (κ3) is 3.53. The van der Waals surface area contributed by atoms with Crippen LogP contribution in [0.2, 0.25) is 0 Å². The lowest BCUT2D eigenvalue weighted by molar-refractivity contribution is 0.855.